The first-order chi connectivity index (χ1) is 9.41. The highest BCUT2D eigenvalue weighted by Gasteiger charge is 2.35. The number of aliphatic carboxylic acids is 1. The highest BCUT2D eigenvalue weighted by atomic mass is 32.1. The van der Waals surface area contributed by atoms with Crippen LogP contribution < -0.4 is 5.32 Å². The predicted molar refractivity (Wildman–Crippen MR) is 82.1 cm³/mol. The van der Waals surface area contributed by atoms with Crippen LogP contribution in [0.2, 0.25) is 0 Å². The first-order valence-electron chi connectivity index (χ1n) is 6.51. The van der Waals surface area contributed by atoms with Crippen molar-refractivity contribution in [2.75, 3.05) is 0 Å². The van der Waals surface area contributed by atoms with E-state index in [0.717, 1.165) is 21.6 Å². The maximum Gasteiger partial charge on any atom is 0.328 e. The van der Waals surface area contributed by atoms with Crippen molar-refractivity contribution in [1.82, 2.24) is 5.32 Å². The third kappa shape index (κ3) is 3.08. The first-order valence-corrected chi connectivity index (χ1v) is 7.39. The number of carboxylic acids is 1. The lowest BCUT2D eigenvalue weighted by Crippen LogP contribution is -2.46. The molecule has 106 valence electrons. The van der Waals surface area contributed by atoms with Gasteiger partial charge in [-0.15, -0.1) is 11.3 Å². The lowest BCUT2D eigenvalue weighted by molar-refractivity contribution is -0.144. The minimum atomic E-state index is -1.08. The summed E-state index contributed by atoms with van der Waals surface area (Å²) in [6, 6.07) is 9.88. The molecule has 0 saturated carbocycles. The molecule has 0 amide bonds. The van der Waals surface area contributed by atoms with Crippen molar-refractivity contribution in [3.8, 4) is 0 Å². The molecule has 0 saturated heterocycles. The van der Waals surface area contributed by atoms with Crippen molar-refractivity contribution in [2.24, 2.45) is 0 Å². The summed E-state index contributed by atoms with van der Waals surface area (Å²) < 4.78 is 0. The van der Waals surface area contributed by atoms with Gasteiger partial charge in [0.05, 0.1) is 0 Å². The summed E-state index contributed by atoms with van der Waals surface area (Å²) >= 11 is 1.62. The minimum absolute atomic E-state index is 0.549. The van der Waals surface area contributed by atoms with E-state index in [1.54, 1.807) is 18.3 Å². The molecule has 0 aliphatic carbocycles. The molecule has 2 aromatic rings. The van der Waals surface area contributed by atoms with Gasteiger partial charge in [-0.05, 0) is 37.8 Å². The van der Waals surface area contributed by atoms with E-state index in [4.69, 9.17) is 0 Å². The number of thiophene rings is 1. The molecular weight excluding hydrogens is 270 g/mol. The molecular formula is C16H19NO2S. The predicted octanol–water partition coefficient (Wildman–Crippen LogP) is 3.45. The van der Waals surface area contributed by atoms with Crippen LogP contribution in [0, 0.1) is 13.8 Å². The first kappa shape index (κ1) is 14.8. The van der Waals surface area contributed by atoms with Crippen LogP contribution in [0.25, 0.3) is 0 Å². The third-order valence-electron chi connectivity index (χ3n) is 3.42. The van der Waals surface area contributed by atoms with Gasteiger partial charge in [0, 0.05) is 11.4 Å². The van der Waals surface area contributed by atoms with Crippen LogP contribution in [-0.4, -0.2) is 11.1 Å². The van der Waals surface area contributed by atoms with Crippen LogP contribution in [0.5, 0.6) is 0 Å². The second-order valence-corrected chi connectivity index (χ2v) is 6.27. The van der Waals surface area contributed by atoms with E-state index in [0.29, 0.717) is 6.54 Å². The Balaban J connectivity index is 2.30. The number of carbonyl (C=O) groups is 1. The number of nitrogens with one attached hydrogen (secondary N) is 1. The van der Waals surface area contributed by atoms with E-state index in [1.807, 2.05) is 49.6 Å². The summed E-state index contributed by atoms with van der Waals surface area (Å²) in [6.45, 7) is 6.24. The van der Waals surface area contributed by atoms with Crippen molar-refractivity contribution in [3.05, 3.63) is 57.3 Å². The van der Waals surface area contributed by atoms with Gasteiger partial charge in [-0.2, -0.15) is 0 Å². The zero-order chi connectivity index (χ0) is 14.8. The third-order valence-corrected chi connectivity index (χ3v) is 4.30. The highest BCUT2D eigenvalue weighted by Crippen LogP contribution is 2.25. The molecule has 0 aliphatic heterocycles. The molecule has 1 unspecified atom stereocenters. The molecule has 1 atom stereocenters. The Labute approximate surface area is 123 Å². The quantitative estimate of drug-likeness (QED) is 0.886. The van der Waals surface area contributed by atoms with Gasteiger partial charge in [-0.1, -0.05) is 35.4 Å². The van der Waals surface area contributed by atoms with Gasteiger partial charge >= 0.3 is 5.97 Å². The van der Waals surface area contributed by atoms with Gasteiger partial charge in [-0.3, -0.25) is 5.32 Å². The second kappa shape index (κ2) is 5.77. The molecule has 20 heavy (non-hydrogen) atoms. The molecule has 1 aromatic heterocycles. The Hall–Kier alpha value is -1.65. The summed E-state index contributed by atoms with van der Waals surface area (Å²) in [5.41, 5.74) is 1.86. The fourth-order valence-corrected chi connectivity index (χ4v) is 2.89. The van der Waals surface area contributed by atoms with Gasteiger partial charge in [0.2, 0.25) is 0 Å². The molecule has 0 bridgehead atoms. The lowest BCUT2D eigenvalue weighted by atomic mass is 9.89. The van der Waals surface area contributed by atoms with Crippen molar-refractivity contribution < 1.29 is 9.90 Å². The summed E-state index contributed by atoms with van der Waals surface area (Å²) in [4.78, 5) is 12.9. The van der Waals surface area contributed by atoms with E-state index in [9.17, 15) is 9.90 Å². The minimum Gasteiger partial charge on any atom is -0.480 e. The smallest absolute Gasteiger partial charge is 0.328 e. The summed E-state index contributed by atoms with van der Waals surface area (Å²) in [7, 11) is 0. The Morgan fingerprint density at radius 1 is 1.30 bits per heavy atom. The molecule has 2 N–H and O–H groups in total. The van der Waals surface area contributed by atoms with Gasteiger partial charge in [0.1, 0.15) is 5.54 Å². The van der Waals surface area contributed by atoms with Crippen molar-refractivity contribution in [3.63, 3.8) is 0 Å². The van der Waals surface area contributed by atoms with Crippen LogP contribution in [0.4, 0.5) is 0 Å². The van der Waals surface area contributed by atoms with Crippen LogP contribution >= 0.6 is 11.3 Å². The number of carboxylic acid groups (broad SMARTS) is 1. The number of aryl methyl sites for hydroxylation is 2. The van der Waals surface area contributed by atoms with Gasteiger partial charge in [-0.25, -0.2) is 4.79 Å². The summed E-state index contributed by atoms with van der Waals surface area (Å²) in [5, 5.41) is 14.8. The van der Waals surface area contributed by atoms with Crippen LogP contribution in [0.3, 0.4) is 0 Å². The molecule has 4 heteroatoms. The lowest BCUT2D eigenvalue weighted by Gasteiger charge is -2.27. The number of benzene rings is 1. The molecule has 0 spiro atoms. The van der Waals surface area contributed by atoms with E-state index >= 15 is 0 Å². The second-order valence-electron chi connectivity index (χ2n) is 5.24. The molecule has 0 fully saturated rings. The normalized spacial score (nSPS) is 13.9. The SMILES string of the molecule is Cc1cc(C)cc(C(C)(NCc2cccs2)C(=O)O)c1. The van der Waals surface area contributed by atoms with E-state index in [1.165, 1.54) is 0 Å². The zero-order valence-corrected chi connectivity index (χ0v) is 12.8. The largest absolute Gasteiger partial charge is 0.480 e. The van der Waals surface area contributed by atoms with Crippen molar-refractivity contribution >= 4 is 17.3 Å². The monoisotopic (exact) mass is 289 g/mol. The van der Waals surface area contributed by atoms with Gasteiger partial charge in [0.25, 0.3) is 0 Å². The van der Waals surface area contributed by atoms with Crippen molar-refractivity contribution in [1.29, 1.82) is 0 Å². The highest BCUT2D eigenvalue weighted by molar-refractivity contribution is 7.09. The van der Waals surface area contributed by atoms with E-state index < -0.39 is 11.5 Å². The fraction of sp³-hybridized carbons (Fsp3) is 0.312. The van der Waals surface area contributed by atoms with Gasteiger partial charge < -0.3 is 5.11 Å². The molecule has 0 radical (unpaired) electrons. The van der Waals surface area contributed by atoms with Gasteiger partial charge in [0.15, 0.2) is 0 Å². The molecule has 1 aromatic carbocycles. The molecule has 0 aliphatic rings. The molecule has 2 rings (SSSR count). The number of rotatable bonds is 5. The van der Waals surface area contributed by atoms with Crippen LogP contribution in [0.15, 0.2) is 35.7 Å². The Bertz CT molecular complexity index is 587. The van der Waals surface area contributed by atoms with Crippen LogP contribution in [0.1, 0.15) is 28.5 Å². The average molecular weight is 289 g/mol. The summed E-state index contributed by atoms with van der Waals surface area (Å²) in [6.07, 6.45) is 0. The molecule has 1 heterocycles. The zero-order valence-electron chi connectivity index (χ0n) is 11.9. The molecule has 3 nitrogen and oxygen atoms in total. The standard InChI is InChI=1S/C16H19NO2S/c1-11-7-12(2)9-13(8-11)16(3,15(18)19)17-10-14-5-4-6-20-14/h4-9,17H,10H2,1-3H3,(H,18,19). The summed E-state index contributed by atoms with van der Waals surface area (Å²) in [5.74, 6) is -0.862. The maximum absolute atomic E-state index is 11.7. The fourth-order valence-electron chi connectivity index (χ4n) is 2.24. The Morgan fingerprint density at radius 3 is 2.45 bits per heavy atom. The Morgan fingerprint density at radius 2 is 1.95 bits per heavy atom. The van der Waals surface area contributed by atoms with E-state index in [2.05, 4.69) is 5.32 Å². The van der Waals surface area contributed by atoms with E-state index in [-0.39, 0.29) is 0 Å². The number of hydrogen-bond donors (Lipinski definition) is 2. The maximum atomic E-state index is 11.7. The average Bonchev–Trinajstić information content (AvgIpc) is 2.87. The van der Waals surface area contributed by atoms with Crippen molar-refractivity contribution in [2.45, 2.75) is 32.9 Å². The van der Waals surface area contributed by atoms with Crippen LogP contribution in [-0.2, 0) is 16.9 Å². The number of hydrogen-bond acceptors (Lipinski definition) is 3. The topological polar surface area (TPSA) is 49.3 Å². The Kier molecular flexibility index (Phi) is 4.26.